The van der Waals surface area contributed by atoms with E-state index in [2.05, 4.69) is 19.8 Å². The topological polar surface area (TPSA) is 194 Å². The number of aliphatic hydroxyl groups is 1. The first-order valence-corrected chi connectivity index (χ1v) is 29.3. The van der Waals surface area contributed by atoms with Crippen LogP contribution in [-0.2, 0) is 44.5 Å². The Morgan fingerprint density at radius 1 is 0.790 bits per heavy atom. The number of pyridine rings is 1. The summed E-state index contributed by atoms with van der Waals surface area (Å²) >= 11 is 1.59. The number of β-amino-alcohol motifs (C(OH)–C–C–N with tert-alkyl or cyclic N) is 1. The fourth-order valence-electron chi connectivity index (χ4n) is 11.0. The normalized spacial score (nSPS) is 18.1. The van der Waals surface area contributed by atoms with E-state index in [0.29, 0.717) is 84.5 Å². The van der Waals surface area contributed by atoms with Crippen molar-refractivity contribution in [1.29, 1.82) is 0 Å². The Hall–Kier alpha value is -6.55. The second-order valence-electron chi connectivity index (χ2n) is 22.2. The Morgan fingerprint density at radius 3 is 2.19 bits per heavy atom. The molecule has 0 spiro atoms. The molecule has 2 amide bonds. The molecule has 4 aromatic heterocycles. The lowest BCUT2D eigenvalue weighted by Crippen LogP contribution is -2.49. The molecule has 0 aliphatic carbocycles. The number of aromatic nitrogens is 5. The van der Waals surface area contributed by atoms with Gasteiger partial charge in [-0.15, -0.1) is 16.4 Å². The quantitative estimate of drug-likeness (QED) is 0.0488. The van der Waals surface area contributed by atoms with Gasteiger partial charge in [0.05, 0.1) is 105 Å². The lowest BCUT2D eigenvalue weighted by molar-refractivity contribution is -0.146. The van der Waals surface area contributed by atoms with Crippen molar-refractivity contribution in [2.45, 2.75) is 97.2 Å². The average molecular weight is 1130 g/mol. The number of amides is 2. The van der Waals surface area contributed by atoms with Crippen LogP contribution in [0.3, 0.4) is 0 Å². The molecule has 0 saturated carbocycles. The van der Waals surface area contributed by atoms with E-state index in [0.717, 1.165) is 69.7 Å². The first kappa shape index (κ1) is 59.1. The number of ketones is 2. The van der Waals surface area contributed by atoms with Gasteiger partial charge in [-0.2, -0.15) is 0 Å². The highest BCUT2D eigenvalue weighted by molar-refractivity contribution is 7.13. The van der Waals surface area contributed by atoms with Gasteiger partial charge < -0.3 is 43.7 Å². The minimum Gasteiger partial charge on any atom is -0.391 e. The maximum Gasteiger partial charge on any atom is 0.227 e. The number of anilines is 2. The summed E-state index contributed by atoms with van der Waals surface area (Å²) in [5.41, 5.74) is 7.52. The van der Waals surface area contributed by atoms with Crippen molar-refractivity contribution < 1.29 is 47.6 Å². The van der Waals surface area contributed by atoms with E-state index in [1.54, 1.807) is 29.7 Å². The van der Waals surface area contributed by atoms with E-state index in [9.17, 15) is 28.7 Å². The molecule has 81 heavy (non-hydrogen) atoms. The number of piperazine rings is 1. The summed E-state index contributed by atoms with van der Waals surface area (Å²) in [5, 5.41) is 15.6. The molecule has 6 aromatic rings. The van der Waals surface area contributed by atoms with Gasteiger partial charge in [0.25, 0.3) is 0 Å². The molecule has 20 heteroatoms. The number of benzene rings is 2. The van der Waals surface area contributed by atoms with E-state index in [1.807, 2.05) is 103 Å². The Bertz CT molecular complexity index is 3070. The molecule has 2 aromatic carbocycles. The largest absolute Gasteiger partial charge is 0.391 e. The van der Waals surface area contributed by atoms with Gasteiger partial charge in [0.2, 0.25) is 11.8 Å². The molecule has 3 fully saturated rings. The Balaban J connectivity index is 0.605. The van der Waals surface area contributed by atoms with Gasteiger partial charge in [-0.1, -0.05) is 63.2 Å². The van der Waals surface area contributed by atoms with E-state index < -0.39 is 23.5 Å². The zero-order chi connectivity index (χ0) is 56.9. The van der Waals surface area contributed by atoms with E-state index in [-0.39, 0.29) is 80.5 Å². The number of rotatable bonds is 27. The van der Waals surface area contributed by atoms with Gasteiger partial charge in [0.1, 0.15) is 28.9 Å². The number of carbonyl (C=O) groups excluding carboxylic acids is 4. The van der Waals surface area contributed by atoms with Crippen molar-refractivity contribution >= 4 is 52.0 Å². The number of Topliss-reactive ketones (excluding diaryl/α,β-unsaturated/α-hetero) is 2. The minimum absolute atomic E-state index is 0.0158. The molecule has 0 radical (unpaired) electrons. The lowest BCUT2D eigenvalue weighted by atomic mass is 9.76. The number of aryl methyl sites for hydroxylation is 2. The summed E-state index contributed by atoms with van der Waals surface area (Å²) in [6, 6.07) is 24.1. The molecule has 18 nitrogen and oxygen atoms in total. The smallest absolute Gasteiger partial charge is 0.227 e. The molecule has 3 saturated heterocycles. The number of likely N-dealkylation sites (tertiary alicyclic amines) is 1. The van der Waals surface area contributed by atoms with Crippen molar-refractivity contribution in [3.05, 3.63) is 113 Å². The van der Waals surface area contributed by atoms with Gasteiger partial charge in [0, 0.05) is 70.9 Å². The van der Waals surface area contributed by atoms with Crippen LogP contribution in [0.4, 0.5) is 16.0 Å². The minimum atomic E-state index is -0.804. The number of carbonyl (C=O) groups is 4. The molecule has 1 N–H and O–H groups in total. The maximum atomic E-state index is 14.1. The van der Waals surface area contributed by atoms with Gasteiger partial charge in [-0.05, 0) is 84.7 Å². The summed E-state index contributed by atoms with van der Waals surface area (Å²) in [7, 11) is 0. The number of thiazole rings is 1. The number of ether oxygens (including phenoxy) is 4. The average Bonchev–Trinajstić information content (AvgIpc) is 4.37. The summed E-state index contributed by atoms with van der Waals surface area (Å²) in [6.45, 7) is 13.6. The van der Waals surface area contributed by atoms with Crippen LogP contribution in [0.5, 0.6) is 0 Å². The first-order chi connectivity index (χ1) is 39.2. The highest BCUT2D eigenvalue weighted by Gasteiger charge is 2.44. The molecular formula is C61H76FN9O9S. The second kappa shape index (κ2) is 27.9. The van der Waals surface area contributed by atoms with Crippen LogP contribution in [0.2, 0.25) is 0 Å². The Kier molecular flexibility index (Phi) is 20.4. The van der Waals surface area contributed by atoms with Gasteiger partial charge in [-0.25, -0.2) is 23.9 Å². The monoisotopic (exact) mass is 1130 g/mol. The number of halogens is 1. The van der Waals surface area contributed by atoms with Gasteiger partial charge in [0.15, 0.2) is 11.4 Å². The molecular weight excluding hydrogens is 1050 g/mol. The number of nitrogens with zero attached hydrogens (tertiary/aromatic N) is 9. The summed E-state index contributed by atoms with van der Waals surface area (Å²) in [5.74, 6) is 0.288. The lowest BCUT2D eigenvalue weighted by Gasteiger charge is -2.35. The number of fused-ring (bicyclic) bond motifs is 1. The van der Waals surface area contributed by atoms with E-state index in [4.69, 9.17) is 29.0 Å². The number of aliphatic hydroxyl groups excluding tert-OH is 1. The third-order valence-corrected chi connectivity index (χ3v) is 16.5. The van der Waals surface area contributed by atoms with Crippen LogP contribution in [0, 0.1) is 24.1 Å². The Labute approximate surface area is 477 Å². The van der Waals surface area contributed by atoms with Crippen molar-refractivity contribution in [3.63, 3.8) is 0 Å². The van der Waals surface area contributed by atoms with Crippen LogP contribution in [-0.4, -0.2) is 167 Å². The molecule has 3 aliphatic heterocycles. The zero-order valence-corrected chi connectivity index (χ0v) is 47.9. The summed E-state index contributed by atoms with van der Waals surface area (Å²) in [6.07, 6.45) is 4.28. The molecule has 0 bridgehead atoms. The predicted octanol–water partition coefficient (Wildman–Crippen LogP) is 7.98. The van der Waals surface area contributed by atoms with Gasteiger partial charge >= 0.3 is 0 Å². The molecule has 3 aliphatic rings. The number of hydrogen-bond acceptors (Lipinski definition) is 16. The highest BCUT2D eigenvalue weighted by atomic mass is 32.1. The fourth-order valence-corrected chi connectivity index (χ4v) is 11.8. The van der Waals surface area contributed by atoms with E-state index >= 15 is 0 Å². The van der Waals surface area contributed by atoms with Gasteiger partial charge in [-0.3, -0.25) is 19.2 Å². The van der Waals surface area contributed by atoms with Crippen molar-refractivity contribution in [2.75, 3.05) is 102 Å². The van der Waals surface area contributed by atoms with Crippen molar-refractivity contribution in [2.24, 2.45) is 11.3 Å². The predicted molar refractivity (Wildman–Crippen MR) is 308 cm³/mol. The highest BCUT2D eigenvalue weighted by Crippen LogP contribution is 2.37. The SMILES string of the molecule is Cc1ncsc1-c1ccc(CCC(=O)[C@@H]2C[C@@H](O)CN2C(=O)[C@@H](CC(=O)CCOCCOCCOCCOCCC(=O)N2CCN(c3cccc(-c4cnc5ccc(N6CCC[C@@H]6c6cccc(F)c6)nn45)n3)CC2)C(C)(C)C)cc1. The van der Waals surface area contributed by atoms with Crippen LogP contribution < -0.4 is 9.80 Å². The molecule has 4 atom stereocenters. The first-order valence-electron chi connectivity index (χ1n) is 28.4. The maximum absolute atomic E-state index is 14.1. The third-order valence-electron chi connectivity index (χ3n) is 15.5. The fraction of sp³-hybridized carbons (Fsp3) is 0.508. The Morgan fingerprint density at radius 2 is 1.49 bits per heavy atom. The van der Waals surface area contributed by atoms with E-state index in [1.165, 1.54) is 11.0 Å². The number of hydrogen-bond donors (Lipinski definition) is 1. The zero-order valence-electron chi connectivity index (χ0n) is 47.1. The van der Waals surface area contributed by atoms with Crippen LogP contribution >= 0.6 is 11.3 Å². The summed E-state index contributed by atoms with van der Waals surface area (Å²) < 4.78 is 38.6. The summed E-state index contributed by atoms with van der Waals surface area (Å²) in [4.78, 5) is 76.8. The van der Waals surface area contributed by atoms with Crippen LogP contribution in [0.15, 0.2) is 90.6 Å². The second-order valence-corrected chi connectivity index (χ2v) is 23.1. The van der Waals surface area contributed by atoms with Crippen molar-refractivity contribution in [1.82, 2.24) is 34.4 Å². The van der Waals surface area contributed by atoms with Crippen molar-refractivity contribution in [3.8, 4) is 21.8 Å². The number of imidazole rings is 1. The molecule has 7 heterocycles. The molecule has 9 rings (SSSR count). The molecule has 0 unspecified atom stereocenters. The molecule has 432 valence electrons. The third kappa shape index (κ3) is 15.5. The van der Waals surface area contributed by atoms with Crippen LogP contribution in [0.1, 0.15) is 88.6 Å². The standard InChI is InChI=1S/C61H76FN9O9S/c1-42-59(81-41-64-42)44-16-13-43(14-17-44)15-18-54(74)52-38-48(73)40-70(52)60(76)49(61(2,3)4)37-47(72)21-28-77-30-32-79-34-35-80-33-31-78-29-22-58(75)68-26-24-67(25-27-68)56-12-6-10-50(65-56)53-39-63-55-19-20-57(66-71(53)55)69-23-7-11-51(69)45-8-5-9-46(62)36-45/h5-6,8-10,12-14,16-17,19-20,36,39,41,48-49,51-52,73H,7,11,15,18,21-35,37-38,40H2,1-4H3/t48-,49-,51-,52+/m1/s1. The van der Waals surface area contributed by atoms with Crippen LogP contribution in [0.25, 0.3) is 27.5 Å².